The molecule has 1 heterocycles. The van der Waals surface area contributed by atoms with Gasteiger partial charge >= 0.3 is 0 Å². The molecule has 0 aromatic carbocycles. The first-order chi connectivity index (χ1) is 4.77. The average molecular weight is 141 g/mol. The van der Waals surface area contributed by atoms with Crippen LogP contribution in [0.3, 0.4) is 0 Å². The topological polar surface area (TPSA) is 59.4 Å². The molecule has 1 aromatic heterocycles. The van der Waals surface area contributed by atoms with Gasteiger partial charge in [-0.2, -0.15) is 0 Å². The molecule has 0 amide bonds. The molecule has 0 atom stereocenters. The first kappa shape index (κ1) is 7.31. The van der Waals surface area contributed by atoms with Crippen LogP contribution in [0.2, 0.25) is 0 Å². The van der Waals surface area contributed by atoms with Crippen LogP contribution < -0.4 is 5.73 Å². The summed E-state index contributed by atoms with van der Waals surface area (Å²) in [7, 11) is 0. The molecule has 0 radical (unpaired) electrons. The summed E-state index contributed by atoms with van der Waals surface area (Å²) in [5.74, 6) is 1.38. The van der Waals surface area contributed by atoms with Crippen LogP contribution in [0.4, 0.5) is 0 Å². The minimum atomic E-state index is -0.0547. The molecule has 0 aliphatic rings. The van der Waals surface area contributed by atoms with Crippen molar-refractivity contribution in [2.75, 3.05) is 0 Å². The van der Waals surface area contributed by atoms with Gasteiger partial charge in [0.15, 0.2) is 0 Å². The molecule has 0 fully saturated rings. The molecule has 1 rings (SSSR count). The number of aliphatic hydroxyl groups is 1. The Hall–Kier alpha value is -0.800. The first-order valence-electron chi connectivity index (χ1n) is 3.17. The van der Waals surface area contributed by atoms with Crippen molar-refractivity contribution in [3.05, 3.63) is 23.2 Å². The summed E-state index contributed by atoms with van der Waals surface area (Å²) in [6.07, 6.45) is 0. The van der Waals surface area contributed by atoms with Crippen molar-refractivity contribution < 1.29 is 9.52 Å². The van der Waals surface area contributed by atoms with E-state index in [2.05, 4.69) is 0 Å². The van der Waals surface area contributed by atoms with Gasteiger partial charge in [0.1, 0.15) is 18.1 Å². The standard InChI is InChI=1S/C7H11NO2/c1-5-6(3-8)2-7(4-9)10-5/h2,9H,3-4,8H2,1H3. The Labute approximate surface area is 59.5 Å². The molecular weight excluding hydrogens is 130 g/mol. The smallest absolute Gasteiger partial charge is 0.129 e. The molecule has 0 aliphatic heterocycles. The maximum absolute atomic E-state index is 8.64. The molecule has 0 unspecified atom stereocenters. The van der Waals surface area contributed by atoms with Crippen LogP contribution in [0, 0.1) is 6.92 Å². The molecule has 0 saturated carbocycles. The molecule has 56 valence electrons. The number of hydrogen-bond acceptors (Lipinski definition) is 3. The van der Waals surface area contributed by atoms with Gasteiger partial charge in [0.25, 0.3) is 0 Å². The van der Waals surface area contributed by atoms with Gasteiger partial charge in [0, 0.05) is 12.1 Å². The van der Waals surface area contributed by atoms with Gasteiger partial charge in [-0.3, -0.25) is 0 Å². The van der Waals surface area contributed by atoms with Crippen LogP contribution >= 0.6 is 0 Å². The fourth-order valence-corrected chi connectivity index (χ4v) is 0.868. The summed E-state index contributed by atoms with van der Waals surface area (Å²) in [6, 6.07) is 1.77. The summed E-state index contributed by atoms with van der Waals surface area (Å²) >= 11 is 0. The Kier molecular flexibility index (Phi) is 2.09. The molecule has 0 bridgehead atoms. The van der Waals surface area contributed by atoms with E-state index >= 15 is 0 Å². The largest absolute Gasteiger partial charge is 0.464 e. The zero-order valence-electron chi connectivity index (χ0n) is 5.92. The Morgan fingerprint density at radius 1 is 1.70 bits per heavy atom. The number of rotatable bonds is 2. The average Bonchev–Trinajstić information content (AvgIpc) is 2.30. The number of nitrogens with two attached hydrogens (primary N) is 1. The van der Waals surface area contributed by atoms with Crippen molar-refractivity contribution in [3.63, 3.8) is 0 Å². The lowest BCUT2D eigenvalue weighted by molar-refractivity contribution is 0.245. The number of aliphatic hydroxyl groups excluding tert-OH is 1. The van der Waals surface area contributed by atoms with Crippen LogP contribution in [-0.2, 0) is 13.2 Å². The Morgan fingerprint density at radius 3 is 2.70 bits per heavy atom. The highest BCUT2D eigenvalue weighted by molar-refractivity contribution is 5.19. The normalized spacial score (nSPS) is 10.3. The minimum Gasteiger partial charge on any atom is -0.464 e. The van der Waals surface area contributed by atoms with E-state index in [1.807, 2.05) is 6.92 Å². The molecule has 3 N–H and O–H groups in total. The second-order valence-electron chi connectivity index (χ2n) is 2.16. The highest BCUT2D eigenvalue weighted by Crippen LogP contribution is 2.13. The third-order valence-corrected chi connectivity index (χ3v) is 1.45. The number of furan rings is 1. The molecule has 1 aromatic rings. The highest BCUT2D eigenvalue weighted by atomic mass is 16.4. The summed E-state index contributed by atoms with van der Waals surface area (Å²) < 4.78 is 5.12. The number of hydrogen-bond donors (Lipinski definition) is 2. The van der Waals surface area contributed by atoms with Crippen molar-refractivity contribution in [3.8, 4) is 0 Å². The summed E-state index contributed by atoms with van der Waals surface area (Å²) in [4.78, 5) is 0. The lowest BCUT2D eigenvalue weighted by Crippen LogP contribution is -1.95. The molecule has 0 saturated heterocycles. The second kappa shape index (κ2) is 2.86. The van der Waals surface area contributed by atoms with Crippen molar-refractivity contribution >= 4 is 0 Å². The van der Waals surface area contributed by atoms with Crippen LogP contribution in [0.15, 0.2) is 10.5 Å². The van der Waals surface area contributed by atoms with E-state index in [1.54, 1.807) is 6.07 Å². The monoisotopic (exact) mass is 141 g/mol. The fraction of sp³-hybridized carbons (Fsp3) is 0.429. The van der Waals surface area contributed by atoms with Gasteiger partial charge in [-0.05, 0) is 13.0 Å². The van der Waals surface area contributed by atoms with Gasteiger partial charge in [-0.15, -0.1) is 0 Å². The van der Waals surface area contributed by atoms with Gasteiger partial charge in [-0.25, -0.2) is 0 Å². The Balaban J connectivity index is 2.92. The molecular formula is C7H11NO2. The van der Waals surface area contributed by atoms with Crippen molar-refractivity contribution in [2.45, 2.75) is 20.1 Å². The van der Waals surface area contributed by atoms with Crippen molar-refractivity contribution in [1.29, 1.82) is 0 Å². The van der Waals surface area contributed by atoms with Crippen LogP contribution in [0.1, 0.15) is 17.1 Å². The molecule has 3 nitrogen and oxygen atoms in total. The minimum absolute atomic E-state index is 0.0547. The van der Waals surface area contributed by atoms with E-state index in [0.717, 1.165) is 11.3 Å². The lowest BCUT2D eigenvalue weighted by Gasteiger charge is -1.87. The lowest BCUT2D eigenvalue weighted by atomic mass is 10.2. The van der Waals surface area contributed by atoms with Crippen molar-refractivity contribution in [2.24, 2.45) is 5.73 Å². The van der Waals surface area contributed by atoms with E-state index in [-0.39, 0.29) is 6.61 Å². The number of aryl methyl sites for hydroxylation is 1. The maximum Gasteiger partial charge on any atom is 0.129 e. The van der Waals surface area contributed by atoms with Crippen LogP contribution in [-0.4, -0.2) is 5.11 Å². The zero-order chi connectivity index (χ0) is 7.56. The summed E-state index contributed by atoms with van der Waals surface area (Å²) in [5, 5.41) is 8.64. The quantitative estimate of drug-likeness (QED) is 0.632. The van der Waals surface area contributed by atoms with Crippen LogP contribution in [0.5, 0.6) is 0 Å². The van der Waals surface area contributed by atoms with Gasteiger partial charge < -0.3 is 15.3 Å². The van der Waals surface area contributed by atoms with E-state index < -0.39 is 0 Å². The van der Waals surface area contributed by atoms with Gasteiger partial charge in [-0.1, -0.05) is 0 Å². The predicted octanol–water partition coefficient (Wildman–Crippen LogP) is 0.539. The van der Waals surface area contributed by atoms with Gasteiger partial charge in [0.2, 0.25) is 0 Å². The molecule has 3 heteroatoms. The van der Waals surface area contributed by atoms with E-state index in [9.17, 15) is 0 Å². The highest BCUT2D eigenvalue weighted by Gasteiger charge is 2.03. The van der Waals surface area contributed by atoms with E-state index in [0.29, 0.717) is 12.3 Å². The van der Waals surface area contributed by atoms with Gasteiger partial charge in [0.05, 0.1) is 0 Å². The Bertz CT molecular complexity index is 217. The summed E-state index contributed by atoms with van der Waals surface area (Å²) in [6.45, 7) is 2.25. The molecule has 0 aliphatic carbocycles. The summed E-state index contributed by atoms with van der Waals surface area (Å²) in [5.41, 5.74) is 6.34. The Morgan fingerprint density at radius 2 is 2.40 bits per heavy atom. The molecule has 10 heavy (non-hydrogen) atoms. The van der Waals surface area contributed by atoms with Crippen LogP contribution in [0.25, 0.3) is 0 Å². The van der Waals surface area contributed by atoms with E-state index in [1.165, 1.54) is 0 Å². The SMILES string of the molecule is Cc1oc(CO)cc1CN. The second-order valence-corrected chi connectivity index (χ2v) is 2.16. The maximum atomic E-state index is 8.64. The third kappa shape index (κ3) is 1.20. The van der Waals surface area contributed by atoms with Crippen molar-refractivity contribution in [1.82, 2.24) is 0 Å². The predicted molar refractivity (Wildman–Crippen MR) is 37.3 cm³/mol. The van der Waals surface area contributed by atoms with E-state index in [4.69, 9.17) is 15.3 Å². The third-order valence-electron chi connectivity index (χ3n) is 1.45. The fourth-order valence-electron chi connectivity index (χ4n) is 0.868. The zero-order valence-corrected chi connectivity index (χ0v) is 5.92. The molecule has 0 spiro atoms. The first-order valence-corrected chi connectivity index (χ1v) is 3.17.